The number of thiophene rings is 1. The van der Waals surface area contributed by atoms with Gasteiger partial charge < -0.3 is 15.0 Å². The number of rotatable bonds is 4. The van der Waals surface area contributed by atoms with E-state index in [0.29, 0.717) is 12.6 Å². The van der Waals surface area contributed by atoms with E-state index < -0.39 is 0 Å². The number of methoxy groups -OCH3 is 1. The number of urea groups is 1. The molecule has 1 fully saturated rings. The van der Waals surface area contributed by atoms with Crippen molar-refractivity contribution >= 4 is 17.4 Å². The molecule has 2 aliphatic heterocycles. The second-order valence-electron chi connectivity index (χ2n) is 6.66. The number of fused-ring (bicyclic) bond motifs is 1. The van der Waals surface area contributed by atoms with E-state index in [9.17, 15) is 4.79 Å². The summed E-state index contributed by atoms with van der Waals surface area (Å²) in [7, 11) is 1.65. The van der Waals surface area contributed by atoms with Crippen molar-refractivity contribution in [2.75, 3.05) is 26.7 Å². The molecule has 0 saturated carbocycles. The van der Waals surface area contributed by atoms with Crippen molar-refractivity contribution in [3.63, 3.8) is 0 Å². The smallest absolute Gasteiger partial charge is 0.317 e. The predicted molar refractivity (Wildman–Crippen MR) is 99.0 cm³/mol. The molecular weight excluding hydrogens is 334 g/mol. The van der Waals surface area contributed by atoms with Gasteiger partial charge in [-0.3, -0.25) is 4.90 Å². The first kappa shape index (κ1) is 16.4. The third-order valence-corrected chi connectivity index (χ3v) is 6.13. The SMILES string of the molecule is COc1ccc(CNC(=O)N2CC(N3CCc4sccc4C3)C2)cc1. The monoisotopic (exact) mass is 357 g/mol. The third-order valence-electron chi connectivity index (χ3n) is 5.11. The van der Waals surface area contributed by atoms with Crippen molar-refractivity contribution < 1.29 is 9.53 Å². The Hall–Kier alpha value is -2.05. The molecule has 0 atom stereocenters. The largest absolute Gasteiger partial charge is 0.497 e. The molecule has 1 saturated heterocycles. The van der Waals surface area contributed by atoms with Crippen molar-refractivity contribution in [3.8, 4) is 5.75 Å². The number of benzene rings is 1. The van der Waals surface area contributed by atoms with E-state index in [1.807, 2.05) is 40.5 Å². The van der Waals surface area contributed by atoms with Gasteiger partial charge in [-0.25, -0.2) is 4.79 Å². The first-order chi connectivity index (χ1) is 12.2. The topological polar surface area (TPSA) is 44.8 Å². The lowest BCUT2D eigenvalue weighted by molar-refractivity contribution is 0.0487. The molecule has 5 nitrogen and oxygen atoms in total. The van der Waals surface area contributed by atoms with Crippen LogP contribution in [0.15, 0.2) is 35.7 Å². The Kier molecular flexibility index (Phi) is 4.63. The average molecular weight is 357 g/mol. The fourth-order valence-corrected chi connectivity index (χ4v) is 4.36. The highest BCUT2D eigenvalue weighted by Gasteiger charge is 2.36. The average Bonchev–Trinajstić information content (AvgIpc) is 3.07. The molecule has 2 amide bonds. The Labute approximate surface area is 152 Å². The number of hydrogen-bond donors (Lipinski definition) is 1. The summed E-state index contributed by atoms with van der Waals surface area (Å²) in [6, 6.07) is 10.5. The van der Waals surface area contributed by atoms with Crippen molar-refractivity contribution in [1.82, 2.24) is 15.1 Å². The molecule has 4 rings (SSSR count). The summed E-state index contributed by atoms with van der Waals surface area (Å²) in [6.07, 6.45) is 1.15. The fraction of sp³-hybridized carbons (Fsp3) is 0.421. The van der Waals surface area contributed by atoms with E-state index >= 15 is 0 Å². The van der Waals surface area contributed by atoms with Gasteiger partial charge in [-0.05, 0) is 41.1 Å². The van der Waals surface area contributed by atoms with Crippen LogP contribution in [0.2, 0.25) is 0 Å². The molecule has 3 heterocycles. The zero-order chi connectivity index (χ0) is 17.2. The molecule has 0 radical (unpaired) electrons. The van der Waals surface area contributed by atoms with Crippen LogP contribution in [0.1, 0.15) is 16.0 Å². The van der Waals surface area contributed by atoms with Gasteiger partial charge in [0.1, 0.15) is 5.75 Å². The van der Waals surface area contributed by atoms with Gasteiger partial charge in [0, 0.05) is 43.6 Å². The predicted octanol–water partition coefficient (Wildman–Crippen LogP) is 2.71. The summed E-state index contributed by atoms with van der Waals surface area (Å²) in [4.78, 5) is 18.2. The standard InChI is InChI=1S/C19H23N3O2S/c1-24-17-4-2-14(3-5-17)10-20-19(23)22-12-16(13-22)21-8-6-18-15(11-21)7-9-25-18/h2-5,7,9,16H,6,8,10-13H2,1H3,(H,20,23). The number of nitrogens with one attached hydrogen (secondary N) is 1. The number of likely N-dealkylation sites (tertiary alicyclic amines) is 1. The molecule has 2 aromatic rings. The first-order valence-electron chi connectivity index (χ1n) is 8.68. The minimum atomic E-state index is 0.0281. The summed E-state index contributed by atoms with van der Waals surface area (Å²) < 4.78 is 5.15. The molecule has 1 aromatic carbocycles. The van der Waals surface area contributed by atoms with Crippen LogP contribution >= 0.6 is 11.3 Å². The normalized spacial score (nSPS) is 17.7. The molecule has 0 aliphatic carbocycles. The molecular formula is C19H23N3O2S. The maximum Gasteiger partial charge on any atom is 0.317 e. The fourth-order valence-electron chi connectivity index (χ4n) is 3.47. The van der Waals surface area contributed by atoms with E-state index in [-0.39, 0.29) is 6.03 Å². The zero-order valence-electron chi connectivity index (χ0n) is 14.4. The Morgan fingerprint density at radius 3 is 2.84 bits per heavy atom. The van der Waals surface area contributed by atoms with E-state index in [1.54, 1.807) is 7.11 Å². The lowest BCUT2D eigenvalue weighted by Gasteiger charge is -2.46. The lowest BCUT2D eigenvalue weighted by atomic mass is 10.0. The van der Waals surface area contributed by atoms with Gasteiger partial charge in [-0.1, -0.05) is 12.1 Å². The Balaban J connectivity index is 1.23. The second kappa shape index (κ2) is 7.06. The van der Waals surface area contributed by atoms with Crippen LogP contribution in [0.25, 0.3) is 0 Å². The Morgan fingerprint density at radius 2 is 2.08 bits per heavy atom. The van der Waals surface area contributed by atoms with Gasteiger partial charge in [0.05, 0.1) is 7.11 Å². The van der Waals surface area contributed by atoms with Crippen molar-refractivity contribution in [2.24, 2.45) is 0 Å². The number of nitrogens with zero attached hydrogens (tertiary/aromatic N) is 2. The van der Waals surface area contributed by atoms with Gasteiger partial charge in [0.15, 0.2) is 0 Å². The van der Waals surface area contributed by atoms with Gasteiger partial charge >= 0.3 is 6.03 Å². The zero-order valence-corrected chi connectivity index (χ0v) is 15.2. The highest BCUT2D eigenvalue weighted by molar-refractivity contribution is 7.10. The third kappa shape index (κ3) is 3.50. The van der Waals surface area contributed by atoms with Crippen LogP contribution in [0.5, 0.6) is 5.75 Å². The summed E-state index contributed by atoms with van der Waals surface area (Å²) in [5, 5.41) is 5.19. The van der Waals surface area contributed by atoms with Gasteiger partial charge in [-0.2, -0.15) is 0 Å². The highest BCUT2D eigenvalue weighted by Crippen LogP contribution is 2.27. The number of carbonyl (C=O) groups is 1. The molecule has 132 valence electrons. The van der Waals surface area contributed by atoms with Crippen LogP contribution in [0.4, 0.5) is 4.79 Å². The molecule has 1 aromatic heterocycles. The minimum Gasteiger partial charge on any atom is -0.497 e. The summed E-state index contributed by atoms with van der Waals surface area (Å²) in [5.41, 5.74) is 2.55. The number of carbonyl (C=O) groups excluding carboxylic acids is 1. The lowest BCUT2D eigenvalue weighted by Crippen LogP contribution is -2.63. The van der Waals surface area contributed by atoms with Crippen LogP contribution in [0.3, 0.4) is 0 Å². The van der Waals surface area contributed by atoms with Gasteiger partial charge in [0.2, 0.25) is 0 Å². The highest BCUT2D eigenvalue weighted by atomic mass is 32.1. The summed E-state index contributed by atoms with van der Waals surface area (Å²) in [6.45, 7) is 4.35. The maximum absolute atomic E-state index is 12.3. The number of amides is 2. The van der Waals surface area contributed by atoms with E-state index in [2.05, 4.69) is 21.7 Å². The summed E-state index contributed by atoms with van der Waals surface area (Å²) >= 11 is 1.87. The Bertz CT molecular complexity index is 737. The van der Waals surface area contributed by atoms with E-state index in [4.69, 9.17) is 4.74 Å². The van der Waals surface area contributed by atoms with Crippen LogP contribution < -0.4 is 10.1 Å². The van der Waals surface area contributed by atoms with E-state index in [1.165, 1.54) is 10.4 Å². The molecule has 0 bridgehead atoms. The molecule has 2 aliphatic rings. The quantitative estimate of drug-likeness (QED) is 0.915. The van der Waals surface area contributed by atoms with Crippen molar-refractivity contribution in [2.45, 2.75) is 25.6 Å². The van der Waals surface area contributed by atoms with E-state index in [0.717, 1.165) is 43.9 Å². The van der Waals surface area contributed by atoms with Crippen LogP contribution in [0, 0.1) is 0 Å². The Morgan fingerprint density at radius 1 is 1.28 bits per heavy atom. The number of hydrogen-bond acceptors (Lipinski definition) is 4. The van der Waals surface area contributed by atoms with Crippen LogP contribution in [-0.4, -0.2) is 48.6 Å². The summed E-state index contributed by atoms with van der Waals surface area (Å²) in [5.74, 6) is 0.830. The van der Waals surface area contributed by atoms with Crippen molar-refractivity contribution in [1.29, 1.82) is 0 Å². The molecule has 6 heteroatoms. The second-order valence-corrected chi connectivity index (χ2v) is 7.66. The molecule has 0 spiro atoms. The van der Waals surface area contributed by atoms with Crippen molar-refractivity contribution in [3.05, 3.63) is 51.7 Å². The molecule has 0 unspecified atom stereocenters. The maximum atomic E-state index is 12.3. The molecule has 25 heavy (non-hydrogen) atoms. The first-order valence-corrected chi connectivity index (χ1v) is 9.56. The molecule has 1 N–H and O–H groups in total. The van der Waals surface area contributed by atoms with Crippen LogP contribution in [-0.2, 0) is 19.5 Å². The van der Waals surface area contributed by atoms with Gasteiger partial charge in [0.25, 0.3) is 0 Å². The van der Waals surface area contributed by atoms with Gasteiger partial charge in [-0.15, -0.1) is 11.3 Å². The minimum absolute atomic E-state index is 0.0281. The number of ether oxygens (including phenoxy) is 1.